The van der Waals surface area contributed by atoms with Gasteiger partial charge in [-0.25, -0.2) is 9.18 Å². The summed E-state index contributed by atoms with van der Waals surface area (Å²) in [5.41, 5.74) is 4.96. The van der Waals surface area contributed by atoms with Crippen LogP contribution in [0, 0.1) is 0 Å². The van der Waals surface area contributed by atoms with E-state index in [-0.39, 0.29) is 6.54 Å². The third-order valence-corrected chi connectivity index (χ3v) is 1.13. The predicted octanol–water partition coefficient (Wildman–Crippen LogP) is 0.995. The molecule has 0 aromatic rings. The van der Waals surface area contributed by atoms with Gasteiger partial charge in [-0.05, 0) is 11.6 Å². The minimum Gasteiger partial charge on any atom is -0.478 e. The summed E-state index contributed by atoms with van der Waals surface area (Å²) in [6.07, 6.45) is 1.06. The van der Waals surface area contributed by atoms with Crippen LogP contribution in [0.2, 0.25) is 0 Å². The number of rotatable bonds is 4. The van der Waals surface area contributed by atoms with Crippen LogP contribution in [0.5, 0.6) is 0 Å². The third-order valence-electron chi connectivity index (χ3n) is 1.13. The maximum Gasteiger partial charge on any atom is 0.338 e. The molecule has 0 aliphatic carbocycles. The zero-order chi connectivity index (χ0) is 9.72. The van der Waals surface area contributed by atoms with Crippen LogP contribution in [0.1, 0.15) is 0 Å². The molecule has 66 valence electrons. The number of nitrogens with two attached hydrogens (primary N) is 1. The number of halogens is 1. The van der Waals surface area contributed by atoms with Gasteiger partial charge in [0, 0.05) is 6.54 Å². The second-order valence-electron chi connectivity index (χ2n) is 2.13. The molecule has 0 aliphatic heterocycles. The van der Waals surface area contributed by atoms with E-state index in [4.69, 9.17) is 10.8 Å². The molecular weight excluding hydrogens is 161 g/mol. The van der Waals surface area contributed by atoms with Crippen LogP contribution in [0.15, 0.2) is 36.2 Å². The summed E-state index contributed by atoms with van der Waals surface area (Å²) in [6.45, 7) is 6.36. The van der Waals surface area contributed by atoms with Crippen molar-refractivity contribution in [2.75, 3.05) is 6.54 Å². The van der Waals surface area contributed by atoms with Gasteiger partial charge in [-0.2, -0.15) is 0 Å². The Bertz CT molecular complexity index is 240. The quantitative estimate of drug-likeness (QED) is 0.490. The van der Waals surface area contributed by atoms with Crippen molar-refractivity contribution in [3.63, 3.8) is 0 Å². The zero-order valence-corrected chi connectivity index (χ0v) is 6.51. The molecule has 0 saturated carbocycles. The minimum absolute atomic E-state index is 0.0874. The fraction of sp³-hybridized carbons (Fsp3) is 0.125. The fourth-order valence-electron chi connectivity index (χ4n) is 0.519. The van der Waals surface area contributed by atoms with E-state index in [2.05, 4.69) is 13.2 Å². The molecule has 0 rings (SSSR count). The van der Waals surface area contributed by atoms with Crippen LogP contribution in [0.25, 0.3) is 0 Å². The monoisotopic (exact) mass is 171 g/mol. The number of aliphatic carboxylic acids is 1. The molecule has 12 heavy (non-hydrogen) atoms. The second-order valence-corrected chi connectivity index (χ2v) is 2.13. The lowest BCUT2D eigenvalue weighted by molar-refractivity contribution is -0.132. The van der Waals surface area contributed by atoms with Crippen LogP contribution in [-0.4, -0.2) is 17.6 Å². The molecule has 3 N–H and O–H groups in total. The van der Waals surface area contributed by atoms with Crippen molar-refractivity contribution in [3.8, 4) is 0 Å². The van der Waals surface area contributed by atoms with Crippen LogP contribution in [0.3, 0.4) is 0 Å². The lowest BCUT2D eigenvalue weighted by atomic mass is 10.1. The van der Waals surface area contributed by atoms with Crippen molar-refractivity contribution < 1.29 is 14.3 Å². The van der Waals surface area contributed by atoms with E-state index in [1.807, 2.05) is 0 Å². The topological polar surface area (TPSA) is 63.3 Å². The first-order valence-corrected chi connectivity index (χ1v) is 3.16. The Morgan fingerprint density at radius 3 is 2.33 bits per heavy atom. The van der Waals surface area contributed by atoms with Crippen molar-refractivity contribution in [1.29, 1.82) is 0 Å². The molecular formula is C8H10FNO2. The van der Waals surface area contributed by atoms with Gasteiger partial charge in [-0.1, -0.05) is 13.2 Å². The van der Waals surface area contributed by atoms with Gasteiger partial charge >= 0.3 is 5.97 Å². The van der Waals surface area contributed by atoms with Gasteiger partial charge in [0.05, 0.1) is 5.57 Å². The summed E-state index contributed by atoms with van der Waals surface area (Å²) in [6, 6.07) is 0. The molecule has 0 aromatic carbocycles. The SMILES string of the molecule is C=C(/C=C(\C(=C)F)C(=O)O)CN. The van der Waals surface area contributed by atoms with E-state index in [0.29, 0.717) is 5.57 Å². The Balaban J connectivity index is 4.74. The normalized spacial score (nSPS) is 11.0. The smallest absolute Gasteiger partial charge is 0.338 e. The minimum atomic E-state index is -1.38. The number of hydrogen-bond donors (Lipinski definition) is 2. The average molecular weight is 171 g/mol. The van der Waals surface area contributed by atoms with E-state index in [1.165, 1.54) is 0 Å². The molecule has 0 fully saturated rings. The lowest BCUT2D eigenvalue weighted by Crippen LogP contribution is -2.05. The highest BCUT2D eigenvalue weighted by atomic mass is 19.1. The highest BCUT2D eigenvalue weighted by Crippen LogP contribution is 2.11. The van der Waals surface area contributed by atoms with Gasteiger partial charge in [-0.15, -0.1) is 0 Å². The molecule has 4 heteroatoms. The largest absolute Gasteiger partial charge is 0.478 e. The number of carboxylic acid groups (broad SMARTS) is 1. The van der Waals surface area contributed by atoms with Crippen LogP contribution in [-0.2, 0) is 4.79 Å². The summed E-state index contributed by atoms with van der Waals surface area (Å²) < 4.78 is 12.4. The molecule has 0 spiro atoms. The van der Waals surface area contributed by atoms with Gasteiger partial charge in [0.15, 0.2) is 0 Å². The summed E-state index contributed by atoms with van der Waals surface area (Å²) in [7, 11) is 0. The first-order chi connectivity index (χ1) is 5.49. The number of carbonyl (C=O) groups is 1. The molecule has 0 unspecified atom stereocenters. The Morgan fingerprint density at radius 1 is 1.58 bits per heavy atom. The summed E-state index contributed by atoms with van der Waals surface area (Å²) >= 11 is 0. The van der Waals surface area contributed by atoms with Gasteiger partial charge in [0.2, 0.25) is 0 Å². The third kappa shape index (κ3) is 3.12. The summed E-state index contributed by atoms with van der Waals surface area (Å²) in [4.78, 5) is 10.3. The second kappa shape index (κ2) is 4.46. The van der Waals surface area contributed by atoms with Crippen molar-refractivity contribution in [3.05, 3.63) is 36.2 Å². The van der Waals surface area contributed by atoms with E-state index >= 15 is 0 Å². The maximum atomic E-state index is 12.4. The molecule has 0 bridgehead atoms. The Kier molecular flexibility index (Phi) is 3.93. The van der Waals surface area contributed by atoms with Crippen molar-refractivity contribution in [1.82, 2.24) is 0 Å². The van der Waals surface area contributed by atoms with E-state index in [9.17, 15) is 9.18 Å². The fourth-order valence-corrected chi connectivity index (χ4v) is 0.519. The van der Waals surface area contributed by atoms with E-state index in [1.54, 1.807) is 0 Å². The van der Waals surface area contributed by atoms with Gasteiger partial charge in [0.1, 0.15) is 5.83 Å². The molecule has 0 saturated heterocycles. The van der Waals surface area contributed by atoms with Crippen LogP contribution in [0.4, 0.5) is 4.39 Å². The number of carboxylic acids is 1. The average Bonchev–Trinajstić information content (AvgIpc) is 1.98. The van der Waals surface area contributed by atoms with Gasteiger partial charge in [0.25, 0.3) is 0 Å². The standard InChI is InChI=1S/C8H10FNO2/c1-5(4-10)3-7(6(2)9)8(11)12/h3H,1-2,4,10H2,(H,11,12)/b7-3+. The first kappa shape index (κ1) is 10.6. The first-order valence-electron chi connectivity index (χ1n) is 3.16. The maximum absolute atomic E-state index is 12.4. The molecule has 0 atom stereocenters. The highest BCUT2D eigenvalue weighted by Gasteiger charge is 2.10. The van der Waals surface area contributed by atoms with Crippen LogP contribution < -0.4 is 5.73 Å². The van der Waals surface area contributed by atoms with Gasteiger partial charge < -0.3 is 10.8 Å². The molecule has 0 radical (unpaired) electrons. The van der Waals surface area contributed by atoms with Crippen molar-refractivity contribution in [2.45, 2.75) is 0 Å². The number of hydrogen-bond acceptors (Lipinski definition) is 2. The summed E-state index contributed by atoms with van der Waals surface area (Å²) in [5.74, 6) is -2.38. The Morgan fingerprint density at radius 2 is 2.08 bits per heavy atom. The predicted molar refractivity (Wildman–Crippen MR) is 44.2 cm³/mol. The Hall–Kier alpha value is -1.42. The molecule has 0 aliphatic rings. The van der Waals surface area contributed by atoms with Gasteiger partial charge in [-0.3, -0.25) is 0 Å². The zero-order valence-electron chi connectivity index (χ0n) is 6.51. The molecule has 0 aromatic heterocycles. The summed E-state index contributed by atoms with van der Waals surface area (Å²) in [5, 5.41) is 8.44. The molecule has 3 nitrogen and oxygen atoms in total. The van der Waals surface area contributed by atoms with E-state index in [0.717, 1.165) is 6.08 Å². The van der Waals surface area contributed by atoms with Crippen molar-refractivity contribution >= 4 is 5.97 Å². The Labute approximate surface area is 69.7 Å². The molecule has 0 heterocycles. The lowest BCUT2D eigenvalue weighted by Gasteiger charge is -1.98. The van der Waals surface area contributed by atoms with E-state index < -0.39 is 17.4 Å². The van der Waals surface area contributed by atoms with Crippen molar-refractivity contribution in [2.24, 2.45) is 5.73 Å². The molecule has 0 amide bonds. The van der Waals surface area contributed by atoms with Crippen LogP contribution >= 0.6 is 0 Å². The highest BCUT2D eigenvalue weighted by molar-refractivity contribution is 5.91.